The lowest BCUT2D eigenvalue weighted by Gasteiger charge is -2.10. The molecule has 1 heterocycles. The first-order valence-corrected chi connectivity index (χ1v) is 3.48. The van der Waals surface area contributed by atoms with E-state index in [-0.39, 0.29) is 11.7 Å². The summed E-state index contributed by atoms with van der Waals surface area (Å²) in [6.07, 6.45) is 0.800. The standard InChI is InChI=1S/C6H9N3O3/c1-5(10)8-3-2-7-6(8)4-9(11)12/h4,7H,2-3H2,1H3/b6-4-. The molecule has 1 fully saturated rings. The van der Waals surface area contributed by atoms with Gasteiger partial charge in [0.2, 0.25) is 5.91 Å². The molecule has 0 aromatic rings. The van der Waals surface area contributed by atoms with Crippen LogP contribution in [0.15, 0.2) is 12.0 Å². The number of carbonyl (C=O) groups is 1. The van der Waals surface area contributed by atoms with Crippen LogP contribution in [-0.2, 0) is 4.79 Å². The van der Waals surface area contributed by atoms with Gasteiger partial charge < -0.3 is 5.32 Å². The molecule has 1 aliphatic rings. The number of nitro groups is 1. The molecule has 12 heavy (non-hydrogen) atoms. The Hall–Kier alpha value is -1.59. The second-order valence-corrected chi connectivity index (χ2v) is 2.40. The zero-order valence-electron chi connectivity index (χ0n) is 6.61. The first-order valence-electron chi connectivity index (χ1n) is 3.48. The summed E-state index contributed by atoms with van der Waals surface area (Å²) in [5, 5.41) is 12.8. The van der Waals surface area contributed by atoms with Crippen molar-refractivity contribution in [2.75, 3.05) is 13.1 Å². The second kappa shape index (κ2) is 3.21. The zero-order chi connectivity index (χ0) is 9.14. The summed E-state index contributed by atoms with van der Waals surface area (Å²) in [7, 11) is 0. The Morgan fingerprint density at radius 3 is 3.00 bits per heavy atom. The maximum absolute atomic E-state index is 10.9. The minimum absolute atomic E-state index is 0.187. The number of carbonyl (C=O) groups excluding carboxylic acids is 1. The molecule has 0 unspecified atom stereocenters. The molecule has 0 aromatic carbocycles. The van der Waals surface area contributed by atoms with Crippen molar-refractivity contribution in [1.29, 1.82) is 0 Å². The topological polar surface area (TPSA) is 75.5 Å². The fraction of sp³-hybridized carbons (Fsp3) is 0.500. The molecule has 0 bridgehead atoms. The average Bonchev–Trinajstić information content (AvgIpc) is 2.33. The molecule has 0 aromatic heterocycles. The van der Waals surface area contributed by atoms with Gasteiger partial charge in [0, 0.05) is 20.0 Å². The van der Waals surface area contributed by atoms with Crippen LogP contribution in [0.1, 0.15) is 6.92 Å². The van der Waals surface area contributed by atoms with E-state index in [0.717, 1.165) is 6.20 Å². The Kier molecular flexibility index (Phi) is 2.27. The van der Waals surface area contributed by atoms with Crippen molar-refractivity contribution in [3.05, 3.63) is 22.1 Å². The fourth-order valence-corrected chi connectivity index (χ4v) is 1.05. The van der Waals surface area contributed by atoms with Crippen LogP contribution in [0.4, 0.5) is 0 Å². The van der Waals surface area contributed by atoms with Crippen LogP contribution in [0.5, 0.6) is 0 Å². The predicted octanol–water partition coefficient (Wildman–Crippen LogP) is -0.486. The van der Waals surface area contributed by atoms with Gasteiger partial charge in [0.05, 0.1) is 4.92 Å². The summed E-state index contributed by atoms with van der Waals surface area (Å²) in [5.74, 6) is 0.0839. The van der Waals surface area contributed by atoms with Crippen LogP contribution < -0.4 is 5.32 Å². The van der Waals surface area contributed by atoms with Crippen molar-refractivity contribution < 1.29 is 9.72 Å². The Bertz CT molecular complexity index is 248. The van der Waals surface area contributed by atoms with Crippen molar-refractivity contribution >= 4 is 5.91 Å². The molecule has 1 aliphatic heterocycles. The molecule has 0 saturated carbocycles. The van der Waals surface area contributed by atoms with Gasteiger partial charge in [-0.3, -0.25) is 19.8 Å². The van der Waals surface area contributed by atoms with E-state index in [4.69, 9.17) is 0 Å². The van der Waals surface area contributed by atoms with Crippen molar-refractivity contribution in [2.24, 2.45) is 0 Å². The molecule has 66 valence electrons. The summed E-state index contributed by atoms with van der Waals surface area (Å²) in [5.41, 5.74) is 0. The highest BCUT2D eigenvalue weighted by molar-refractivity contribution is 5.75. The highest BCUT2D eigenvalue weighted by Gasteiger charge is 2.22. The number of hydrogen-bond donors (Lipinski definition) is 1. The van der Waals surface area contributed by atoms with Gasteiger partial charge in [-0.05, 0) is 0 Å². The SMILES string of the molecule is CC(=O)N1CCN/C1=C/[N+](=O)[O-]. The minimum atomic E-state index is -0.580. The molecule has 0 aliphatic carbocycles. The van der Waals surface area contributed by atoms with Gasteiger partial charge in [-0.25, -0.2) is 0 Å². The number of nitrogens with zero attached hydrogens (tertiary/aromatic N) is 2. The Labute approximate surface area is 69.0 Å². The second-order valence-electron chi connectivity index (χ2n) is 2.40. The third-order valence-electron chi connectivity index (χ3n) is 1.54. The molecule has 1 N–H and O–H groups in total. The summed E-state index contributed by atoms with van der Waals surface area (Å²) >= 11 is 0. The van der Waals surface area contributed by atoms with Gasteiger partial charge in [0.1, 0.15) is 0 Å². The summed E-state index contributed by atoms with van der Waals surface area (Å²) < 4.78 is 0. The van der Waals surface area contributed by atoms with E-state index in [1.165, 1.54) is 11.8 Å². The first-order chi connectivity index (χ1) is 5.61. The zero-order valence-corrected chi connectivity index (χ0v) is 6.61. The van der Waals surface area contributed by atoms with Crippen molar-refractivity contribution in [2.45, 2.75) is 6.92 Å². The Balaban J connectivity index is 2.76. The molecule has 1 amide bonds. The number of hydrogen-bond acceptors (Lipinski definition) is 4. The van der Waals surface area contributed by atoms with Gasteiger partial charge in [-0.1, -0.05) is 0 Å². The van der Waals surface area contributed by atoms with E-state index < -0.39 is 4.92 Å². The Morgan fingerprint density at radius 1 is 1.83 bits per heavy atom. The lowest BCUT2D eigenvalue weighted by Crippen LogP contribution is -2.25. The van der Waals surface area contributed by atoms with E-state index in [1.54, 1.807) is 0 Å². The van der Waals surface area contributed by atoms with E-state index >= 15 is 0 Å². The maximum atomic E-state index is 10.9. The molecule has 1 saturated heterocycles. The molecule has 6 heteroatoms. The van der Waals surface area contributed by atoms with Gasteiger partial charge in [0.25, 0.3) is 6.20 Å². The molecular formula is C6H9N3O3. The average molecular weight is 171 g/mol. The van der Waals surface area contributed by atoms with Gasteiger partial charge >= 0.3 is 0 Å². The maximum Gasteiger partial charge on any atom is 0.274 e. The van der Waals surface area contributed by atoms with Gasteiger partial charge in [-0.15, -0.1) is 0 Å². The highest BCUT2D eigenvalue weighted by Crippen LogP contribution is 2.06. The summed E-state index contributed by atoms with van der Waals surface area (Å²) in [6, 6.07) is 0. The molecule has 1 rings (SSSR count). The van der Waals surface area contributed by atoms with Crippen LogP contribution in [-0.4, -0.2) is 28.8 Å². The summed E-state index contributed by atoms with van der Waals surface area (Å²) in [6.45, 7) is 2.44. The van der Waals surface area contributed by atoms with Crippen molar-refractivity contribution in [3.8, 4) is 0 Å². The van der Waals surface area contributed by atoms with Gasteiger partial charge in [0.15, 0.2) is 5.82 Å². The molecule has 0 spiro atoms. The fourth-order valence-electron chi connectivity index (χ4n) is 1.05. The summed E-state index contributed by atoms with van der Waals surface area (Å²) in [4.78, 5) is 21.7. The third-order valence-corrected chi connectivity index (χ3v) is 1.54. The van der Waals surface area contributed by atoms with Gasteiger partial charge in [-0.2, -0.15) is 0 Å². The van der Waals surface area contributed by atoms with Crippen LogP contribution in [0, 0.1) is 10.1 Å². The Morgan fingerprint density at radius 2 is 2.50 bits per heavy atom. The predicted molar refractivity (Wildman–Crippen MR) is 40.5 cm³/mol. The van der Waals surface area contributed by atoms with Crippen molar-refractivity contribution in [3.63, 3.8) is 0 Å². The third kappa shape index (κ3) is 1.71. The van der Waals surface area contributed by atoms with Crippen LogP contribution in [0.25, 0.3) is 0 Å². The highest BCUT2D eigenvalue weighted by atomic mass is 16.6. The van der Waals surface area contributed by atoms with E-state index in [1.807, 2.05) is 0 Å². The lowest BCUT2D eigenvalue weighted by molar-refractivity contribution is -0.404. The molecule has 6 nitrogen and oxygen atoms in total. The molecule has 0 radical (unpaired) electrons. The quantitative estimate of drug-likeness (QED) is 0.427. The number of amides is 1. The van der Waals surface area contributed by atoms with Crippen LogP contribution in [0.3, 0.4) is 0 Å². The largest absolute Gasteiger partial charge is 0.364 e. The first kappa shape index (κ1) is 8.51. The van der Waals surface area contributed by atoms with E-state index in [2.05, 4.69) is 5.32 Å². The number of rotatable bonds is 1. The van der Waals surface area contributed by atoms with E-state index in [9.17, 15) is 14.9 Å². The monoisotopic (exact) mass is 171 g/mol. The lowest BCUT2D eigenvalue weighted by atomic mass is 10.5. The number of nitrogens with one attached hydrogen (secondary N) is 1. The van der Waals surface area contributed by atoms with Crippen LogP contribution in [0.2, 0.25) is 0 Å². The normalized spacial score (nSPS) is 19.4. The minimum Gasteiger partial charge on any atom is -0.364 e. The molecule has 0 atom stereocenters. The smallest absolute Gasteiger partial charge is 0.274 e. The van der Waals surface area contributed by atoms with Crippen LogP contribution >= 0.6 is 0 Å². The van der Waals surface area contributed by atoms with Crippen molar-refractivity contribution in [1.82, 2.24) is 10.2 Å². The van der Waals surface area contributed by atoms with E-state index in [0.29, 0.717) is 13.1 Å². The molecular weight excluding hydrogens is 162 g/mol.